The maximum Gasteiger partial charge on any atom is 0.226 e. The first-order chi connectivity index (χ1) is 9.11. The fourth-order valence-electron chi connectivity index (χ4n) is 2.63. The molecular weight excluding hydrogens is 260 g/mol. The standard InChI is InChI=1S/C14H22N2O2S/c1-10-4-7-19-13(10)9-16(5-6-17)14(18)11-2-3-12(15)8-11/h4,7,11-12,17H,2-3,5-6,8-9,15H2,1H3/t11-,12+/m1/s1. The second kappa shape index (κ2) is 6.50. The van der Waals surface area contributed by atoms with Crippen LogP contribution in [0.2, 0.25) is 0 Å². The van der Waals surface area contributed by atoms with Gasteiger partial charge in [0.2, 0.25) is 5.91 Å². The molecule has 1 aliphatic carbocycles. The van der Waals surface area contributed by atoms with Crippen molar-refractivity contribution < 1.29 is 9.90 Å². The zero-order valence-corrected chi connectivity index (χ0v) is 12.2. The van der Waals surface area contributed by atoms with E-state index in [2.05, 4.69) is 13.0 Å². The Kier molecular flexibility index (Phi) is 4.96. The van der Waals surface area contributed by atoms with Gasteiger partial charge in [0, 0.05) is 23.4 Å². The third kappa shape index (κ3) is 3.55. The smallest absolute Gasteiger partial charge is 0.226 e. The van der Waals surface area contributed by atoms with E-state index in [1.165, 1.54) is 10.4 Å². The summed E-state index contributed by atoms with van der Waals surface area (Å²) >= 11 is 1.66. The van der Waals surface area contributed by atoms with Crippen molar-refractivity contribution in [3.63, 3.8) is 0 Å². The number of aliphatic hydroxyl groups is 1. The van der Waals surface area contributed by atoms with Gasteiger partial charge in [-0.2, -0.15) is 0 Å². The maximum absolute atomic E-state index is 12.5. The molecule has 0 aromatic carbocycles. The lowest BCUT2D eigenvalue weighted by atomic mass is 10.1. The lowest BCUT2D eigenvalue weighted by Gasteiger charge is -2.25. The van der Waals surface area contributed by atoms with E-state index in [-0.39, 0.29) is 24.5 Å². The predicted octanol–water partition coefficient (Wildman–Crippen LogP) is 1.50. The third-order valence-corrected chi connectivity index (χ3v) is 4.81. The zero-order valence-electron chi connectivity index (χ0n) is 11.3. The number of carbonyl (C=O) groups excluding carboxylic acids is 1. The highest BCUT2D eigenvalue weighted by Crippen LogP contribution is 2.27. The number of thiophene rings is 1. The Morgan fingerprint density at radius 1 is 1.58 bits per heavy atom. The summed E-state index contributed by atoms with van der Waals surface area (Å²) in [5.41, 5.74) is 7.09. The third-order valence-electron chi connectivity index (χ3n) is 3.81. The molecule has 1 heterocycles. The van der Waals surface area contributed by atoms with Crippen LogP contribution in [0.5, 0.6) is 0 Å². The van der Waals surface area contributed by atoms with Crippen LogP contribution in [0.15, 0.2) is 11.4 Å². The second-order valence-corrected chi connectivity index (χ2v) is 6.28. The molecule has 19 heavy (non-hydrogen) atoms. The normalized spacial score (nSPS) is 22.7. The van der Waals surface area contributed by atoms with Crippen LogP contribution in [0.4, 0.5) is 0 Å². The van der Waals surface area contributed by atoms with Crippen LogP contribution in [0, 0.1) is 12.8 Å². The van der Waals surface area contributed by atoms with Crippen LogP contribution in [-0.4, -0.2) is 35.1 Å². The number of hydrogen-bond acceptors (Lipinski definition) is 4. The van der Waals surface area contributed by atoms with Crippen molar-refractivity contribution in [2.24, 2.45) is 11.7 Å². The first-order valence-corrected chi connectivity index (χ1v) is 7.68. The molecule has 1 fully saturated rings. The van der Waals surface area contributed by atoms with Crippen LogP contribution < -0.4 is 5.73 Å². The summed E-state index contributed by atoms with van der Waals surface area (Å²) in [5, 5.41) is 11.2. The molecule has 106 valence electrons. The van der Waals surface area contributed by atoms with Gasteiger partial charge in [0.05, 0.1) is 13.2 Å². The number of aryl methyl sites for hydroxylation is 1. The second-order valence-electron chi connectivity index (χ2n) is 5.28. The Hall–Kier alpha value is -0.910. The van der Waals surface area contributed by atoms with Gasteiger partial charge in [0.25, 0.3) is 0 Å². The fraction of sp³-hybridized carbons (Fsp3) is 0.643. The average molecular weight is 282 g/mol. The maximum atomic E-state index is 12.5. The first-order valence-electron chi connectivity index (χ1n) is 6.80. The Labute approximate surface area is 118 Å². The van der Waals surface area contributed by atoms with E-state index in [1.54, 1.807) is 16.2 Å². The lowest BCUT2D eigenvalue weighted by Crippen LogP contribution is -2.37. The molecule has 2 atom stereocenters. The molecule has 4 nitrogen and oxygen atoms in total. The molecule has 3 N–H and O–H groups in total. The number of nitrogens with two attached hydrogens (primary N) is 1. The van der Waals surface area contributed by atoms with E-state index in [4.69, 9.17) is 10.8 Å². The SMILES string of the molecule is Cc1ccsc1CN(CCO)C(=O)[C@@H]1CC[C@H](N)C1. The monoisotopic (exact) mass is 282 g/mol. The summed E-state index contributed by atoms with van der Waals surface area (Å²) < 4.78 is 0. The number of hydrogen-bond donors (Lipinski definition) is 2. The molecule has 0 unspecified atom stereocenters. The average Bonchev–Trinajstić information content (AvgIpc) is 2.98. The summed E-state index contributed by atoms with van der Waals surface area (Å²) in [6, 6.07) is 2.22. The minimum Gasteiger partial charge on any atom is -0.395 e. The Morgan fingerprint density at radius 3 is 2.89 bits per heavy atom. The first kappa shape index (κ1) is 14.5. The van der Waals surface area contributed by atoms with Gasteiger partial charge < -0.3 is 15.7 Å². The molecule has 1 aromatic heterocycles. The van der Waals surface area contributed by atoms with E-state index >= 15 is 0 Å². The van der Waals surface area contributed by atoms with Gasteiger partial charge in [-0.05, 0) is 43.2 Å². The molecule has 1 saturated carbocycles. The van der Waals surface area contributed by atoms with Crippen molar-refractivity contribution in [3.8, 4) is 0 Å². The van der Waals surface area contributed by atoms with E-state index in [9.17, 15) is 4.79 Å². The van der Waals surface area contributed by atoms with Crippen molar-refractivity contribution in [3.05, 3.63) is 21.9 Å². The van der Waals surface area contributed by atoms with Crippen LogP contribution in [-0.2, 0) is 11.3 Å². The van der Waals surface area contributed by atoms with Crippen molar-refractivity contribution in [1.82, 2.24) is 4.90 Å². The molecule has 0 spiro atoms. The number of amides is 1. The highest BCUT2D eigenvalue weighted by atomic mass is 32.1. The lowest BCUT2D eigenvalue weighted by molar-refractivity contribution is -0.136. The highest BCUT2D eigenvalue weighted by Gasteiger charge is 2.31. The van der Waals surface area contributed by atoms with Gasteiger partial charge >= 0.3 is 0 Å². The van der Waals surface area contributed by atoms with E-state index in [1.807, 2.05) is 5.38 Å². The summed E-state index contributed by atoms with van der Waals surface area (Å²) in [6.07, 6.45) is 2.59. The van der Waals surface area contributed by atoms with E-state index < -0.39 is 0 Å². The molecule has 0 bridgehead atoms. The van der Waals surface area contributed by atoms with Crippen LogP contribution in [0.25, 0.3) is 0 Å². The molecule has 0 saturated heterocycles. The number of nitrogens with zero attached hydrogens (tertiary/aromatic N) is 1. The van der Waals surface area contributed by atoms with Gasteiger partial charge in [-0.25, -0.2) is 0 Å². The largest absolute Gasteiger partial charge is 0.395 e. The highest BCUT2D eigenvalue weighted by molar-refractivity contribution is 7.10. The topological polar surface area (TPSA) is 66.6 Å². The van der Waals surface area contributed by atoms with Gasteiger partial charge in [-0.3, -0.25) is 4.79 Å². The van der Waals surface area contributed by atoms with Crippen LogP contribution in [0.1, 0.15) is 29.7 Å². The zero-order chi connectivity index (χ0) is 13.8. The van der Waals surface area contributed by atoms with Gasteiger partial charge in [-0.15, -0.1) is 11.3 Å². The minimum atomic E-state index is 0.00887. The summed E-state index contributed by atoms with van der Waals surface area (Å²) in [6.45, 7) is 3.07. The Balaban J connectivity index is 2.03. The van der Waals surface area contributed by atoms with Crippen molar-refractivity contribution in [2.75, 3.05) is 13.2 Å². The summed E-state index contributed by atoms with van der Waals surface area (Å²) in [5.74, 6) is 0.191. The van der Waals surface area contributed by atoms with Gasteiger partial charge in [0.1, 0.15) is 0 Å². The number of aliphatic hydroxyl groups excluding tert-OH is 1. The van der Waals surface area contributed by atoms with E-state index in [0.717, 1.165) is 19.3 Å². The van der Waals surface area contributed by atoms with Crippen LogP contribution in [0.3, 0.4) is 0 Å². The molecular formula is C14H22N2O2S. The van der Waals surface area contributed by atoms with Crippen molar-refractivity contribution in [1.29, 1.82) is 0 Å². The summed E-state index contributed by atoms with van der Waals surface area (Å²) in [4.78, 5) is 15.5. The van der Waals surface area contributed by atoms with E-state index in [0.29, 0.717) is 13.1 Å². The Bertz CT molecular complexity index is 433. The molecule has 1 amide bonds. The van der Waals surface area contributed by atoms with Crippen molar-refractivity contribution in [2.45, 2.75) is 38.8 Å². The quantitative estimate of drug-likeness (QED) is 0.860. The van der Waals surface area contributed by atoms with Crippen molar-refractivity contribution >= 4 is 17.2 Å². The molecule has 2 rings (SSSR count). The number of rotatable bonds is 5. The fourth-order valence-corrected chi connectivity index (χ4v) is 3.55. The number of carbonyl (C=O) groups is 1. The molecule has 1 aromatic rings. The molecule has 0 aliphatic heterocycles. The molecule has 0 radical (unpaired) electrons. The predicted molar refractivity (Wildman–Crippen MR) is 76.9 cm³/mol. The Morgan fingerprint density at radius 2 is 2.37 bits per heavy atom. The summed E-state index contributed by atoms with van der Waals surface area (Å²) in [7, 11) is 0. The van der Waals surface area contributed by atoms with Crippen LogP contribution >= 0.6 is 11.3 Å². The minimum absolute atomic E-state index is 0.00887. The molecule has 1 aliphatic rings. The van der Waals surface area contributed by atoms with Gasteiger partial charge in [-0.1, -0.05) is 0 Å². The van der Waals surface area contributed by atoms with Gasteiger partial charge in [0.15, 0.2) is 0 Å². The molecule has 5 heteroatoms.